The van der Waals surface area contributed by atoms with Crippen molar-refractivity contribution in [2.24, 2.45) is 0 Å². The SMILES string of the molecule is Cc1nc2c(C(=O)Oc3c(Cl)cccc3Cl)cccn2c1Br. The Morgan fingerprint density at radius 3 is 2.59 bits per heavy atom. The molecule has 0 unspecified atom stereocenters. The second-order valence-electron chi connectivity index (χ2n) is 4.54. The number of rotatable bonds is 2. The Bertz CT molecular complexity index is 872. The lowest BCUT2D eigenvalue weighted by Gasteiger charge is -2.08. The van der Waals surface area contributed by atoms with Crippen LogP contribution in [-0.2, 0) is 0 Å². The van der Waals surface area contributed by atoms with Gasteiger partial charge in [-0.05, 0) is 47.1 Å². The molecule has 0 aliphatic carbocycles. The maximum atomic E-state index is 12.4. The van der Waals surface area contributed by atoms with Gasteiger partial charge in [-0.1, -0.05) is 29.3 Å². The van der Waals surface area contributed by atoms with Crippen molar-refractivity contribution in [2.75, 3.05) is 0 Å². The van der Waals surface area contributed by atoms with Gasteiger partial charge in [0.1, 0.15) is 10.2 Å². The molecule has 0 spiro atoms. The number of nitrogens with zero attached hydrogens (tertiary/aromatic N) is 2. The molecule has 2 aromatic heterocycles. The van der Waals surface area contributed by atoms with E-state index in [0.717, 1.165) is 10.3 Å². The van der Waals surface area contributed by atoms with Gasteiger partial charge >= 0.3 is 5.97 Å². The zero-order valence-electron chi connectivity index (χ0n) is 11.3. The molecule has 7 heteroatoms. The Morgan fingerprint density at radius 2 is 1.91 bits per heavy atom. The smallest absolute Gasteiger partial charge is 0.347 e. The number of fused-ring (bicyclic) bond motifs is 1. The lowest BCUT2D eigenvalue weighted by Crippen LogP contribution is -2.11. The van der Waals surface area contributed by atoms with E-state index in [-0.39, 0.29) is 15.8 Å². The average Bonchev–Trinajstić information content (AvgIpc) is 2.78. The summed E-state index contributed by atoms with van der Waals surface area (Å²) in [6, 6.07) is 8.27. The van der Waals surface area contributed by atoms with E-state index >= 15 is 0 Å². The molecule has 3 rings (SSSR count). The van der Waals surface area contributed by atoms with Gasteiger partial charge in [-0.3, -0.25) is 4.40 Å². The van der Waals surface area contributed by atoms with Crippen molar-refractivity contribution >= 4 is 50.7 Å². The fourth-order valence-electron chi connectivity index (χ4n) is 2.04. The lowest BCUT2D eigenvalue weighted by atomic mass is 10.2. The normalized spacial score (nSPS) is 10.9. The third-order valence-electron chi connectivity index (χ3n) is 3.08. The van der Waals surface area contributed by atoms with Crippen LogP contribution < -0.4 is 4.74 Å². The van der Waals surface area contributed by atoms with Crippen LogP contribution in [0.15, 0.2) is 41.1 Å². The van der Waals surface area contributed by atoms with Crippen LogP contribution in [0.5, 0.6) is 5.75 Å². The molecule has 0 aliphatic heterocycles. The Hall–Kier alpha value is -1.56. The number of aryl methyl sites for hydroxylation is 1. The maximum Gasteiger partial charge on any atom is 0.347 e. The van der Waals surface area contributed by atoms with E-state index < -0.39 is 5.97 Å². The van der Waals surface area contributed by atoms with E-state index in [4.69, 9.17) is 27.9 Å². The highest BCUT2D eigenvalue weighted by Crippen LogP contribution is 2.33. The van der Waals surface area contributed by atoms with Crippen LogP contribution in [0.2, 0.25) is 10.0 Å². The highest BCUT2D eigenvalue weighted by molar-refractivity contribution is 9.10. The number of carbonyl (C=O) groups excluding carboxylic acids is 1. The molecule has 0 fully saturated rings. The van der Waals surface area contributed by atoms with Gasteiger partial charge in [0.05, 0.1) is 15.7 Å². The second-order valence-corrected chi connectivity index (χ2v) is 6.11. The van der Waals surface area contributed by atoms with E-state index in [1.165, 1.54) is 0 Å². The number of ether oxygens (including phenoxy) is 1. The third kappa shape index (κ3) is 2.60. The van der Waals surface area contributed by atoms with Crippen molar-refractivity contribution < 1.29 is 9.53 Å². The van der Waals surface area contributed by atoms with Gasteiger partial charge in [-0.15, -0.1) is 0 Å². The summed E-state index contributed by atoms with van der Waals surface area (Å²) >= 11 is 15.5. The first kappa shape index (κ1) is 15.3. The van der Waals surface area contributed by atoms with Crippen molar-refractivity contribution in [3.63, 3.8) is 0 Å². The third-order valence-corrected chi connectivity index (χ3v) is 4.64. The van der Waals surface area contributed by atoms with Crippen molar-refractivity contribution in [2.45, 2.75) is 6.92 Å². The van der Waals surface area contributed by atoms with Gasteiger partial charge < -0.3 is 4.74 Å². The van der Waals surface area contributed by atoms with Crippen LogP contribution >= 0.6 is 39.1 Å². The molecule has 3 aromatic rings. The van der Waals surface area contributed by atoms with Gasteiger partial charge in [0.15, 0.2) is 11.4 Å². The first-order valence-electron chi connectivity index (χ1n) is 6.28. The van der Waals surface area contributed by atoms with Crippen LogP contribution in [0, 0.1) is 6.92 Å². The first-order valence-corrected chi connectivity index (χ1v) is 7.83. The van der Waals surface area contributed by atoms with Crippen molar-refractivity contribution in [1.29, 1.82) is 0 Å². The maximum absolute atomic E-state index is 12.4. The van der Waals surface area contributed by atoms with Crippen LogP contribution in [0.1, 0.15) is 16.1 Å². The highest BCUT2D eigenvalue weighted by Gasteiger charge is 2.19. The number of pyridine rings is 1. The molecule has 0 radical (unpaired) electrons. The summed E-state index contributed by atoms with van der Waals surface area (Å²) < 4.78 is 7.90. The standard InChI is InChI=1S/C15H9BrCl2N2O2/c1-8-13(16)20-7-3-4-9(14(20)19-8)15(21)22-12-10(17)5-2-6-11(12)18/h2-7H,1H3. The first-order chi connectivity index (χ1) is 10.5. The Balaban J connectivity index is 2.05. The fraction of sp³-hybridized carbons (Fsp3) is 0.0667. The molecule has 0 bridgehead atoms. The van der Waals surface area contributed by atoms with Crippen LogP contribution in [0.4, 0.5) is 0 Å². The number of carbonyl (C=O) groups is 1. The molecule has 22 heavy (non-hydrogen) atoms. The number of aromatic nitrogens is 2. The number of halogens is 3. The zero-order chi connectivity index (χ0) is 15.9. The van der Waals surface area contributed by atoms with Gasteiger partial charge in [-0.25, -0.2) is 9.78 Å². The Morgan fingerprint density at radius 1 is 1.23 bits per heavy atom. The number of hydrogen-bond acceptors (Lipinski definition) is 3. The number of para-hydroxylation sites is 1. The molecular formula is C15H9BrCl2N2O2. The van der Waals surface area contributed by atoms with E-state index in [9.17, 15) is 4.79 Å². The van der Waals surface area contributed by atoms with Crippen LogP contribution in [0.3, 0.4) is 0 Å². The summed E-state index contributed by atoms with van der Waals surface area (Å²) in [6.45, 7) is 1.84. The zero-order valence-corrected chi connectivity index (χ0v) is 14.4. The molecule has 0 aliphatic rings. The number of benzene rings is 1. The van der Waals surface area contributed by atoms with Gasteiger partial charge in [0, 0.05) is 6.20 Å². The van der Waals surface area contributed by atoms with E-state index in [0.29, 0.717) is 11.2 Å². The molecule has 112 valence electrons. The molecule has 0 atom stereocenters. The monoisotopic (exact) mass is 398 g/mol. The Labute approximate surface area is 144 Å². The van der Waals surface area contributed by atoms with E-state index in [1.807, 2.05) is 6.92 Å². The molecule has 0 saturated carbocycles. The van der Waals surface area contributed by atoms with Gasteiger partial charge in [0.25, 0.3) is 0 Å². The minimum absolute atomic E-state index is 0.139. The number of hydrogen-bond donors (Lipinski definition) is 0. The second kappa shape index (κ2) is 5.91. The molecule has 0 amide bonds. The predicted molar refractivity (Wildman–Crippen MR) is 89.0 cm³/mol. The summed E-state index contributed by atoms with van der Waals surface area (Å²) in [4.78, 5) is 16.8. The van der Waals surface area contributed by atoms with Gasteiger partial charge in [0.2, 0.25) is 0 Å². The van der Waals surface area contributed by atoms with Crippen LogP contribution in [0.25, 0.3) is 5.65 Å². The summed E-state index contributed by atoms with van der Waals surface area (Å²) in [5, 5.41) is 0.544. The molecule has 0 N–H and O–H groups in total. The Kier molecular flexibility index (Phi) is 4.12. The number of imidazole rings is 1. The van der Waals surface area contributed by atoms with Crippen LogP contribution in [-0.4, -0.2) is 15.4 Å². The quantitative estimate of drug-likeness (QED) is 0.453. The van der Waals surface area contributed by atoms with Crippen molar-refractivity contribution in [1.82, 2.24) is 9.38 Å². The van der Waals surface area contributed by atoms with E-state index in [1.54, 1.807) is 40.9 Å². The molecular weight excluding hydrogens is 391 g/mol. The predicted octanol–water partition coefficient (Wildman–Crippen LogP) is 4.93. The lowest BCUT2D eigenvalue weighted by molar-refractivity contribution is 0.0736. The minimum atomic E-state index is -0.571. The summed E-state index contributed by atoms with van der Waals surface area (Å²) in [7, 11) is 0. The fourth-order valence-corrected chi connectivity index (χ4v) is 2.89. The average molecular weight is 400 g/mol. The minimum Gasteiger partial charge on any atom is -0.420 e. The van der Waals surface area contributed by atoms with Gasteiger partial charge in [-0.2, -0.15) is 0 Å². The molecule has 0 saturated heterocycles. The molecule has 1 aromatic carbocycles. The molecule has 2 heterocycles. The summed E-state index contributed by atoms with van der Waals surface area (Å²) in [5.41, 5.74) is 1.60. The molecule has 4 nitrogen and oxygen atoms in total. The topological polar surface area (TPSA) is 43.6 Å². The van der Waals surface area contributed by atoms with Crippen molar-refractivity contribution in [3.05, 3.63) is 62.4 Å². The van der Waals surface area contributed by atoms with Crippen molar-refractivity contribution in [3.8, 4) is 5.75 Å². The highest BCUT2D eigenvalue weighted by atomic mass is 79.9. The van der Waals surface area contributed by atoms with E-state index in [2.05, 4.69) is 20.9 Å². The summed E-state index contributed by atoms with van der Waals surface area (Å²) in [6.07, 6.45) is 1.80. The number of esters is 1. The summed E-state index contributed by atoms with van der Waals surface area (Å²) in [5.74, 6) is -0.432. The largest absolute Gasteiger partial charge is 0.420 e.